The van der Waals surface area contributed by atoms with E-state index in [9.17, 15) is 0 Å². The number of benzene rings is 1. The van der Waals surface area contributed by atoms with Crippen LogP contribution < -0.4 is 11.1 Å². The zero-order valence-electron chi connectivity index (χ0n) is 9.30. The standard InChI is InChI=1S/C9H11NOS.CH3NOS.Pb/c1-2-7-5-3-4-6-8(7)10-9(11)12;2-1(3)4;/h3-6H,2H2,1H3,(H2,10,11,12);(H3,2,3,4);. The maximum atomic E-state index is 8.85. The molecule has 0 aliphatic heterocycles. The van der Waals surface area contributed by atoms with Crippen LogP contribution in [0, 0.1) is 0 Å². The minimum Gasteiger partial charge on any atom is -0.487 e. The zero-order valence-corrected chi connectivity index (χ0v) is 14.8. The molecular weight excluding hydrogens is 451 g/mol. The van der Waals surface area contributed by atoms with E-state index in [0.29, 0.717) is 0 Å². The molecule has 1 aromatic carbocycles. The zero-order chi connectivity index (χ0) is 12.6. The second-order valence-corrected chi connectivity index (χ2v) is 3.58. The second-order valence-electron chi connectivity index (χ2n) is 2.78. The van der Waals surface area contributed by atoms with Gasteiger partial charge in [0.15, 0.2) is 0 Å². The number of thiocarbonyl (C=S) groups is 2. The minimum absolute atomic E-state index is 0. The molecule has 92 valence electrons. The van der Waals surface area contributed by atoms with Gasteiger partial charge in [0.25, 0.3) is 10.3 Å². The quantitative estimate of drug-likeness (QED) is 0.395. The maximum absolute atomic E-state index is 8.85. The molecule has 0 unspecified atom stereocenters. The molecule has 0 saturated carbocycles. The van der Waals surface area contributed by atoms with Crippen LogP contribution in [-0.2, 0) is 6.42 Å². The van der Waals surface area contributed by atoms with E-state index in [0.717, 1.165) is 17.7 Å². The normalized spacial score (nSPS) is 8.06. The summed E-state index contributed by atoms with van der Waals surface area (Å²) in [6.07, 6.45) is 0.922. The van der Waals surface area contributed by atoms with Crippen molar-refractivity contribution in [2.24, 2.45) is 5.73 Å². The van der Waals surface area contributed by atoms with Crippen LogP contribution in [0.4, 0.5) is 5.69 Å². The molecule has 0 heterocycles. The molecule has 0 aliphatic rings. The van der Waals surface area contributed by atoms with Crippen molar-refractivity contribution in [3.05, 3.63) is 29.8 Å². The molecule has 0 spiro atoms. The van der Waals surface area contributed by atoms with Gasteiger partial charge in [0.05, 0.1) is 0 Å². The topological polar surface area (TPSA) is 78.5 Å². The van der Waals surface area contributed by atoms with Crippen LogP contribution in [0.15, 0.2) is 24.3 Å². The van der Waals surface area contributed by atoms with Gasteiger partial charge in [-0.05, 0) is 42.5 Å². The van der Waals surface area contributed by atoms with Gasteiger partial charge in [-0.25, -0.2) is 0 Å². The van der Waals surface area contributed by atoms with Crippen LogP contribution in [0.1, 0.15) is 12.5 Å². The number of anilines is 1. The van der Waals surface area contributed by atoms with Crippen LogP contribution >= 0.6 is 24.4 Å². The molecule has 1 aromatic rings. The van der Waals surface area contributed by atoms with Crippen molar-refractivity contribution in [3.8, 4) is 0 Å². The Bertz CT molecular complexity index is 371. The molecular formula is C10H14N2O2PbS2. The summed E-state index contributed by atoms with van der Waals surface area (Å²) >= 11 is 8.40. The first-order valence-corrected chi connectivity index (χ1v) is 5.35. The van der Waals surface area contributed by atoms with Gasteiger partial charge in [0, 0.05) is 33.0 Å². The smallest absolute Gasteiger partial charge is 0.258 e. The number of rotatable bonds is 2. The fourth-order valence-electron chi connectivity index (χ4n) is 1.07. The van der Waals surface area contributed by atoms with Gasteiger partial charge in [-0.3, -0.25) is 0 Å². The molecule has 5 N–H and O–H groups in total. The Balaban J connectivity index is 0. The fourth-order valence-corrected chi connectivity index (χ4v) is 1.18. The first-order chi connectivity index (χ1) is 7.47. The molecule has 0 atom stereocenters. The molecule has 0 amide bonds. The number of para-hydroxylation sites is 1. The van der Waals surface area contributed by atoms with Crippen molar-refractivity contribution < 1.29 is 10.2 Å². The third kappa shape index (κ3) is 10.4. The van der Waals surface area contributed by atoms with E-state index in [1.54, 1.807) is 0 Å². The van der Waals surface area contributed by atoms with Gasteiger partial charge in [-0.15, -0.1) is 0 Å². The number of aliphatic hydroxyl groups is 2. The van der Waals surface area contributed by atoms with Gasteiger partial charge in [0.2, 0.25) is 0 Å². The van der Waals surface area contributed by atoms with E-state index in [2.05, 4.69) is 42.4 Å². The van der Waals surface area contributed by atoms with Crippen molar-refractivity contribution in [3.63, 3.8) is 0 Å². The number of hydrogen-bond acceptors (Lipinski definition) is 2. The van der Waals surface area contributed by atoms with Crippen LogP contribution in [0.2, 0.25) is 0 Å². The molecule has 4 radical (unpaired) electrons. The summed E-state index contributed by atoms with van der Waals surface area (Å²) in [5.74, 6) is 0. The number of aliphatic hydroxyl groups excluding tert-OH is 2. The Morgan fingerprint density at radius 1 is 1.29 bits per heavy atom. The Kier molecular flexibility index (Phi) is 11.8. The molecule has 7 heteroatoms. The number of nitrogens with one attached hydrogen (secondary N) is 1. The summed E-state index contributed by atoms with van der Waals surface area (Å²) in [4.78, 5) is 0. The summed E-state index contributed by atoms with van der Waals surface area (Å²) in [5, 5.41) is 18.4. The van der Waals surface area contributed by atoms with Crippen LogP contribution in [0.5, 0.6) is 0 Å². The van der Waals surface area contributed by atoms with E-state index >= 15 is 0 Å². The van der Waals surface area contributed by atoms with Crippen LogP contribution in [0.25, 0.3) is 0 Å². The van der Waals surface area contributed by atoms with E-state index in [1.807, 2.05) is 24.3 Å². The van der Waals surface area contributed by atoms with Crippen molar-refractivity contribution in [1.82, 2.24) is 0 Å². The Morgan fingerprint density at radius 2 is 1.76 bits per heavy atom. The van der Waals surface area contributed by atoms with Crippen LogP contribution in [0.3, 0.4) is 0 Å². The summed E-state index contributed by atoms with van der Waals surface area (Å²) in [5.41, 5.74) is 6.43. The van der Waals surface area contributed by atoms with E-state index in [4.69, 9.17) is 10.2 Å². The first-order valence-electron chi connectivity index (χ1n) is 4.53. The average molecular weight is 466 g/mol. The Hall–Kier alpha value is -0.478. The SMILES string of the molecule is CCc1ccccc1NC(O)=S.NC(O)=S.[Pb]. The van der Waals surface area contributed by atoms with Gasteiger partial charge in [-0.1, -0.05) is 25.1 Å². The third-order valence-electron chi connectivity index (χ3n) is 1.64. The van der Waals surface area contributed by atoms with Crippen molar-refractivity contribution >= 4 is 67.8 Å². The van der Waals surface area contributed by atoms with Gasteiger partial charge in [-0.2, -0.15) is 0 Å². The number of aryl methyl sites for hydroxylation is 1. The predicted molar refractivity (Wildman–Crippen MR) is 79.8 cm³/mol. The number of hydrogen-bond donors (Lipinski definition) is 4. The second kappa shape index (κ2) is 10.7. The Morgan fingerprint density at radius 3 is 2.18 bits per heavy atom. The van der Waals surface area contributed by atoms with E-state index in [-0.39, 0.29) is 32.5 Å². The number of nitrogens with two attached hydrogens (primary N) is 1. The molecule has 0 fully saturated rings. The van der Waals surface area contributed by atoms with Crippen molar-refractivity contribution in [2.75, 3.05) is 5.32 Å². The molecule has 4 nitrogen and oxygen atoms in total. The molecule has 0 saturated heterocycles. The summed E-state index contributed by atoms with van der Waals surface area (Å²) < 4.78 is 0. The minimum atomic E-state index is -0.500. The van der Waals surface area contributed by atoms with Gasteiger partial charge < -0.3 is 21.3 Å². The summed E-state index contributed by atoms with van der Waals surface area (Å²) in [6.45, 7) is 2.06. The molecule has 0 aromatic heterocycles. The molecule has 1 rings (SSSR count). The van der Waals surface area contributed by atoms with Crippen LogP contribution in [-0.4, -0.2) is 47.9 Å². The summed E-state index contributed by atoms with van der Waals surface area (Å²) in [6, 6.07) is 7.76. The van der Waals surface area contributed by atoms with Gasteiger partial charge >= 0.3 is 0 Å². The largest absolute Gasteiger partial charge is 0.487 e. The fraction of sp³-hybridized carbons (Fsp3) is 0.200. The molecule has 0 aliphatic carbocycles. The maximum Gasteiger partial charge on any atom is 0.258 e. The van der Waals surface area contributed by atoms with Gasteiger partial charge in [0.1, 0.15) is 0 Å². The third-order valence-corrected chi connectivity index (χ3v) is 1.74. The van der Waals surface area contributed by atoms with Crippen molar-refractivity contribution in [2.45, 2.75) is 13.3 Å². The monoisotopic (exact) mass is 466 g/mol. The van der Waals surface area contributed by atoms with Crippen molar-refractivity contribution in [1.29, 1.82) is 0 Å². The van der Waals surface area contributed by atoms with E-state index < -0.39 is 5.17 Å². The van der Waals surface area contributed by atoms with E-state index in [1.165, 1.54) is 0 Å². The molecule has 17 heavy (non-hydrogen) atoms. The Labute approximate surface area is 131 Å². The summed E-state index contributed by atoms with van der Waals surface area (Å²) in [7, 11) is 0. The first kappa shape index (κ1) is 18.9. The average Bonchev–Trinajstić information content (AvgIpc) is 2.17. The molecule has 0 bridgehead atoms. The predicted octanol–water partition coefficient (Wildman–Crippen LogP) is 1.91.